The van der Waals surface area contributed by atoms with Crippen LogP contribution in [0.3, 0.4) is 0 Å². The van der Waals surface area contributed by atoms with E-state index in [-0.39, 0.29) is 30.0 Å². The maximum atomic E-state index is 13.3. The molecule has 0 spiro atoms. The van der Waals surface area contributed by atoms with Gasteiger partial charge < -0.3 is 19.9 Å². The van der Waals surface area contributed by atoms with E-state index in [0.29, 0.717) is 19.5 Å². The van der Waals surface area contributed by atoms with Crippen LogP contribution in [0.5, 0.6) is 5.75 Å². The van der Waals surface area contributed by atoms with Crippen LogP contribution in [0.2, 0.25) is 0 Å². The van der Waals surface area contributed by atoms with Gasteiger partial charge in [0.25, 0.3) is 0 Å². The number of amides is 2. The number of ether oxygens (including phenoxy) is 1. The molecule has 1 aromatic heterocycles. The van der Waals surface area contributed by atoms with E-state index in [9.17, 15) is 14.0 Å². The molecule has 1 atom stereocenters. The van der Waals surface area contributed by atoms with Crippen LogP contribution in [0.25, 0.3) is 10.9 Å². The van der Waals surface area contributed by atoms with Gasteiger partial charge in [-0.15, -0.1) is 0 Å². The predicted octanol–water partition coefficient (Wildman–Crippen LogP) is 3.03. The second-order valence-corrected chi connectivity index (χ2v) is 7.15. The van der Waals surface area contributed by atoms with Crippen molar-refractivity contribution in [1.29, 1.82) is 0 Å². The molecule has 7 heteroatoms. The van der Waals surface area contributed by atoms with E-state index in [2.05, 4.69) is 10.3 Å². The van der Waals surface area contributed by atoms with Crippen molar-refractivity contribution in [2.75, 3.05) is 25.1 Å². The largest absolute Gasteiger partial charge is 0.497 e. The SMILES string of the molecule is COc1ccc(N2CC(C(=O)NCCc3c[nH]c4cc(F)ccc34)CC2=O)cc1. The van der Waals surface area contributed by atoms with Crippen LogP contribution >= 0.6 is 0 Å². The maximum Gasteiger partial charge on any atom is 0.227 e. The molecule has 1 saturated heterocycles. The summed E-state index contributed by atoms with van der Waals surface area (Å²) in [6, 6.07) is 11.8. The summed E-state index contributed by atoms with van der Waals surface area (Å²) in [6.45, 7) is 0.819. The molecule has 1 fully saturated rings. The molecular formula is C22H22FN3O3. The second kappa shape index (κ2) is 7.95. The normalized spacial score (nSPS) is 16.4. The number of nitrogens with zero attached hydrogens (tertiary/aromatic N) is 1. The number of rotatable bonds is 6. The fourth-order valence-electron chi connectivity index (χ4n) is 3.72. The van der Waals surface area contributed by atoms with Gasteiger partial charge in [-0.3, -0.25) is 9.59 Å². The van der Waals surface area contributed by atoms with Gasteiger partial charge in [-0.2, -0.15) is 0 Å². The number of halogens is 1. The van der Waals surface area contributed by atoms with E-state index in [4.69, 9.17) is 4.74 Å². The first-order chi connectivity index (χ1) is 14.0. The molecule has 1 aliphatic heterocycles. The number of anilines is 1. The molecule has 2 aromatic carbocycles. The van der Waals surface area contributed by atoms with Crippen LogP contribution in [0.4, 0.5) is 10.1 Å². The third-order valence-corrected chi connectivity index (χ3v) is 5.30. The van der Waals surface area contributed by atoms with Crippen LogP contribution < -0.4 is 15.0 Å². The highest BCUT2D eigenvalue weighted by molar-refractivity contribution is 6.00. The van der Waals surface area contributed by atoms with Crippen molar-refractivity contribution < 1.29 is 18.7 Å². The second-order valence-electron chi connectivity index (χ2n) is 7.15. The Labute approximate surface area is 167 Å². The van der Waals surface area contributed by atoms with Crippen molar-refractivity contribution in [3.8, 4) is 5.75 Å². The number of nitrogens with one attached hydrogen (secondary N) is 2. The van der Waals surface area contributed by atoms with Gasteiger partial charge in [-0.1, -0.05) is 0 Å². The summed E-state index contributed by atoms with van der Waals surface area (Å²) in [5.74, 6) is -0.128. The monoisotopic (exact) mass is 395 g/mol. The minimum atomic E-state index is -0.373. The Balaban J connectivity index is 1.33. The molecular weight excluding hydrogens is 373 g/mol. The molecule has 0 radical (unpaired) electrons. The first-order valence-corrected chi connectivity index (χ1v) is 9.53. The van der Waals surface area contributed by atoms with E-state index < -0.39 is 0 Å². The Kier molecular flexibility index (Phi) is 5.20. The number of benzene rings is 2. The summed E-state index contributed by atoms with van der Waals surface area (Å²) < 4.78 is 18.4. The van der Waals surface area contributed by atoms with Crippen LogP contribution in [-0.4, -0.2) is 37.0 Å². The molecule has 1 unspecified atom stereocenters. The topological polar surface area (TPSA) is 74.4 Å². The molecule has 0 saturated carbocycles. The summed E-state index contributed by atoms with van der Waals surface area (Å²) in [4.78, 5) is 29.6. The minimum absolute atomic E-state index is 0.0611. The Hall–Kier alpha value is -3.35. The number of aromatic nitrogens is 1. The van der Waals surface area contributed by atoms with Gasteiger partial charge in [0, 0.05) is 42.3 Å². The van der Waals surface area contributed by atoms with E-state index in [1.165, 1.54) is 12.1 Å². The first-order valence-electron chi connectivity index (χ1n) is 9.53. The van der Waals surface area contributed by atoms with Crippen LogP contribution in [0.1, 0.15) is 12.0 Å². The highest BCUT2D eigenvalue weighted by Gasteiger charge is 2.34. The van der Waals surface area contributed by atoms with Gasteiger partial charge in [0.15, 0.2) is 0 Å². The summed E-state index contributed by atoms with van der Waals surface area (Å²) >= 11 is 0. The molecule has 2 heterocycles. The highest BCUT2D eigenvalue weighted by atomic mass is 19.1. The Bertz CT molecular complexity index is 1050. The lowest BCUT2D eigenvalue weighted by atomic mass is 10.1. The smallest absolute Gasteiger partial charge is 0.227 e. The van der Waals surface area contributed by atoms with Crippen molar-refractivity contribution >= 4 is 28.4 Å². The molecule has 1 aliphatic rings. The van der Waals surface area contributed by atoms with Gasteiger partial charge in [0.1, 0.15) is 11.6 Å². The molecule has 29 heavy (non-hydrogen) atoms. The maximum absolute atomic E-state index is 13.3. The number of fused-ring (bicyclic) bond motifs is 1. The third-order valence-electron chi connectivity index (χ3n) is 5.30. The minimum Gasteiger partial charge on any atom is -0.497 e. The van der Waals surface area contributed by atoms with Crippen LogP contribution in [-0.2, 0) is 16.0 Å². The van der Waals surface area contributed by atoms with Gasteiger partial charge in [0.2, 0.25) is 11.8 Å². The number of carbonyl (C=O) groups is 2. The molecule has 3 aromatic rings. The average Bonchev–Trinajstić information content (AvgIpc) is 3.31. The Morgan fingerprint density at radius 2 is 2.07 bits per heavy atom. The van der Waals surface area contributed by atoms with E-state index in [1.807, 2.05) is 18.3 Å². The average molecular weight is 395 g/mol. The lowest BCUT2D eigenvalue weighted by Gasteiger charge is -2.17. The van der Waals surface area contributed by atoms with Crippen molar-refractivity contribution in [3.05, 3.63) is 60.0 Å². The van der Waals surface area contributed by atoms with Crippen LogP contribution in [0.15, 0.2) is 48.7 Å². The van der Waals surface area contributed by atoms with Gasteiger partial charge >= 0.3 is 0 Å². The molecule has 2 N–H and O–H groups in total. The molecule has 150 valence electrons. The summed E-state index contributed by atoms with van der Waals surface area (Å²) in [7, 11) is 1.59. The lowest BCUT2D eigenvalue weighted by molar-refractivity contribution is -0.126. The van der Waals surface area contributed by atoms with Gasteiger partial charge in [-0.25, -0.2) is 4.39 Å². The lowest BCUT2D eigenvalue weighted by Crippen LogP contribution is -2.34. The number of H-pyrrole nitrogens is 1. The van der Waals surface area contributed by atoms with Crippen molar-refractivity contribution in [3.63, 3.8) is 0 Å². The predicted molar refractivity (Wildman–Crippen MR) is 108 cm³/mol. The van der Waals surface area contributed by atoms with Gasteiger partial charge in [0.05, 0.1) is 13.0 Å². The van der Waals surface area contributed by atoms with Crippen molar-refractivity contribution in [2.45, 2.75) is 12.8 Å². The molecule has 6 nitrogen and oxygen atoms in total. The number of methoxy groups -OCH3 is 1. The van der Waals surface area contributed by atoms with Gasteiger partial charge in [-0.05, 0) is 54.4 Å². The summed E-state index contributed by atoms with van der Waals surface area (Å²) in [5, 5.41) is 3.87. The zero-order valence-corrected chi connectivity index (χ0v) is 16.1. The molecule has 4 rings (SSSR count). The summed E-state index contributed by atoms with van der Waals surface area (Å²) in [6.07, 6.45) is 2.66. The fraction of sp³-hybridized carbons (Fsp3) is 0.273. The number of hydrogen-bond donors (Lipinski definition) is 2. The fourth-order valence-corrected chi connectivity index (χ4v) is 3.72. The molecule has 2 amide bonds. The standard InChI is InChI=1S/C22H22FN3O3/c1-29-18-5-3-17(4-6-18)26-13-15(10-21(26)27)22(28)24-9-8-14-12-25-20-11-16(23)2-7-19(14)20/h2-7,11-12,15,25H,8-10,13H2,1H3,(H,24,28). The number of hydrogen-bond acceptors (Lipinski definition) is 3. The molecule has 0 aliphatic carbocycles. The van der Waals surface area contributed by atoms with E-state index in [1.54, 1.807) is 30.2 Å². The Morgan fingerprint density at radius 1 is 1.28 bits per heavy atom. The Morgan fingerprint density at radius 3 is 2.83 bits per heavy atom. The zero-order chi connectivity index (χ0) is 20.4. The third kappa shape index (κ3) is 3.94. The van der Waals surface area contributed by atoms with Crippen molar-refractivity contribution in [1.82, 2.24) is 10.3 Å². The zero-order valence-electron chi connectivity index (χ0n) is 16.1. The number of aromatic amines is 1. The first kappa shape index (κ1) is 19.0. The van der Waals surface area contributed by atoms with Crippen LogP contribution in [0, 0.1) is 11.7 Å². The van der Waals surface area contributed by atoms with E-state index >= 15 is 0 Å². The van der Waals surface area contributed by atoms with Crippen molar-refractivity contribution in [2.24, 2.45) is 5.92 Å². The number of carbonyl (C=O) groups excluding carboxylic acids is 2. The quantitative estimate of drug-likeness (QED) is 0.674. The summed E-state index contributed by atoms with van der Waals surface area (Å²) in [5.41, 5.74) is 2.52. The molecule has 0 bridgehead atoms. The highest BCUT2D eigenvalue weighted by Crippen LogP contribution is 2.27. The van der Waals surface area contributed by atoms with E-state index in [0.717, 1.165) is 27.9 Å².